The molecular formula is C29H31N7O3. The van der Waals surface area contributed by atoms with Crippen LogP contribution in [0.3, 0.4) is 0 Å². The number of nitrogens with zero attached hydrogens (tertiary/aromatic N) is 7. The molecule has 4 heterocycles. The Labute approximate surface area is 226 Å². The van der Waals surface area contributed by atoms with Crippen LogP contribution in [0.15, 0.2) is 72.2 Å². The van der Waals surface area contributed by atoms with Gasteiger partial charge in [0.15, 0.2) is 5.82 Å². The molecular weight excluding hydrogens is 494 g/mol. The van der Waals surface area contributed by atoms with Crippen LogP contribution in [-0.4, -0.2) is 59.2 Å². The van der Waals surface area contributed by atoms with E-state index in [4.69, 9.17) is 4.74 Å². The van der Waals surface area contributed by atoms with Crippen molar-refractivity contribution in [2.75, 3.05) is 13.1 Å². The first-order chi connectivity index (χ1) is 18.6. The summed E-state index contributed by atoms with van der Waals surface area (Å²) in [5.74, 6) is 0.598. The molecule has 1 amide bonds. The summed E-state index contributed by atoms with van der Waals surface area (Å²) < 4.78 is 8.81. The molecule has 5 rings (SSSR count). The molecule has 0 radical (unpaired) electrons. The third kappa shape index (κ3) is 6.28. The van der Waals surface area contributed by atoms with E-state index in [9.17, 15) is 9.59 Å². The third-order valence-corrected chi connectivity index (χ3v) is 6.28. The summed E-state index contributed by atoms with van der Waals surface area (Å²) >= 11 is 0. The summed E-state index contributed by atoms with van der Waals surface area (Å²) in [6, 6.07) is 9.34. The van der Waals surface area contributed by atoms with Gasteiger partial charge < -0.3 is 9.64 Å². The zero-order chi connectivity index (χ0) is 27.6. The fraction of sp³-hybridized carbons (Fsp3) is 0.310. The molecule has 3 aromatic heterocycles. The number of ether oxygens (including phenoxy) is 1. The largest absolute Gasteiger partial charge is 0.444 e. The van der Waals surface area contributed by atoms with E-state index in [-0.39, 0.29) is 11.5 Å². The molecule has 0 saturated carbocycles. The van der Waals surface area contributed by atoms with Gasteiger partial charge in [-0.2, -0.15) is 10.2 Å². The van der Waals surface area contributed by atoms with Crippen LogP contribution < -0.4 is 5.43 Å². The van der Waals surface area contributed by atoms with Crippen molar-refractivity contribution in [1.82, 2.24) is 34.4 Å². The second kappa shape index (κ2) is 10.6. The van der Waals surface area contributed by atoms with Gasteiger partial charge in [0.1, 0.15) is 17.0 Å². The topological polar surface area (TPSA) is 108 Å². The average Bonchev–Trinajstić information content (AvgIpc) is 3.35. The molecule has 1 aliphatic heterocycles. The first kappa shape index (κ1) is 26.0. The molecule has 10 nitrogen and oxygen atoms in total. The van der Waals surface area contributed by atoms with E-state index < -0.39 is 5.60 Å². The van der Waals surface area contributed by atoms with Gasteiger partial charge in [-0.1, -0.05) is 24.3 Å². The first-order valence-corrected chi connectivity index (χ1v) is 12.8. The predicted octanol–water partition coefficient (Wildman–Crippen LogP) is 4.04. The molecule has 200 valence electrons. The predicted molar refractivity (Wildman–Crippen MR) is 147 cm³/mol. The van der Waals surface area contributed by atoms with Crippen molar-refractivity contribution in [2.24, 2.45) is 7.05 Å². The normalized spacial score (nSPS) is 13.7. The van der Waals surface area contributed by atoms with Crippen LogP contribution in [0.5, 0.6) is 0 Å². The zero-order valence-electron chi connectivity index (χ0n) is 22.5. The van der Waals surface area contributed by atoms with Crippen molar-refractivity contribution in [3.63, 3.8) is 0 Å². The lowest BCUT2D eigenvalue weighted by atomic mass is 10.0. The molecule has 0 spiro atoms. The van der Waals surface area contributed by atoms with Crippen molar-refractivity contribution in [1.29, 1.82) is 0 Å². The number of rotatable bonds is 5. The summed E-state index contributed by atoms with van der Waals surface area (Å²) in [4.78, 5) is 35.7. The Kier molecular flexibility index (Phi) is 7.10. The molecule has 0 N–H and O–H groups in total. The van der Waals surface area contributed by atoms with Crippen LogP contribution >= 0.6 is 0 Å². The van der Waals surface area contributed by atoms with Crippen LogP contribution in [0.25, 0.3) is 22.6 Å². The molecule has 0 fully saturated rings. The van der Waals surface area contributed by atoms with E-state index in [1.807, 2.05) is 76.8 Å². The number of hydrogen-bond donors (Lipinski definition) is 0. The number of carbonyl (C=O) groups excluding carboxylic acids is 1. The maximum Gasteiger partial charge on any atom is 0.410 e. The molecule has 39 heavy (non-hydrogen) atoms. The van der Waals surface area contributed by atoms with Crippen molar-refractivity contribution >= 4 is 11.7 Å². The Hall–Kier alpha value is -4.60. The van der Waals surface area contributed by atoms with E-state index in [0.29, 0.717) is 37.4 Å². The van der Waals surface area contributed by atoms with Gasteiger partial charge in [-0.05, 0) is 44.4 Å². The van der Waals surface area contributed by atoms with Crippen LogP contribution in [0.4, 0.5) is 4.79 Å². The molecule has 0 unspecified atom stereocenters. The quantitative estimate of drug-likeness (QED) is 0.387. The Morgan fingerprint density at radius 3 is 2.54 bits per heavy atom. The van der Waals surface area contributed by atoms with Crippen molar-refractivity contribution < 1.29 is 9.53 Å². The number of hydrogen-bond acceptors (Lipinski definition) is 7. The first-order valence-electron chi connectivity index (χ1n) is 12.8. The highest BCUT2D eigenvalue weighted by Crippen LogP contribution is 2.24. The second-order valence-electron chi connectivity index (χ2n) is 10.5. The molecule has 0 saturated heterocycles. The van der Waals surface area contributed by atoms with Crippen LogP contribution in [-0.2, 0) is 18.2 Å². The van der Waals surface area contributed by atoms with Gasteiger partial charge in [0.05, 0.1) is 12.4 Å². The summed E-state index contributed by atoms with van der Waals surface area (Å²) in [7, 11) is 1.83. The van der Waals surface area contributed by atoms with Gasteiger partial charge in [-0.25, -0.2) is 19.4 Å². The van der Waals surface area contributed by atoms with Crippen molar-refractivity contribution in [2.45, 2.75) is 39.2 Å². The van der Waals surface area contributed by atoms with Gasteiger partial charge in [0, 0.05) is 62.3 Å². The minimum absolute atomic E-state index is 0.118. The molecule has 0 atom stereocenters. The Bertz CT molecular complexity index is 1580. The summed E-state index contributed by atoms with van der Waals surface area (Å²) in [6.45, 7) is 6.67. The highest BCUT2D eigenvalue weighted by Gasteiger charge is 2.24. The van der Waals surface area contributed by atoms with Gasteiger partial charge in [0.2, 0.25) is 5.43 Å². The highest BCUT2D eigenvalue weighted by atomic mass is 16.6. The Morgan fingerprint density at radius 1 is 1.08 bits per heavy atom. The lowest BCUT2D eigenvalue weighted by Crippen LogP contribution is -2.39. The number of aryl methyl sites for hydroxylation is 1. The van der Waals surface area contributed by atoms with Crippen LogP contribution in [0.1, 0.15) is 44.0 Å². The molecule has 10 heteroatoms. The van der Waals surface area contributed by atoms with E-state index in [0.717, 1.165) is 28.0 Å². The van der Waals surface area contributed by atoms with E-state index in [1.165, 1.54) is 6.07 Å². The number of amides is 1. The van der Waals surface area contributed by atoms with Crippen LogP contribution in [0, 0.1) is 0 Å². The summed E-state index contributed by atoms with van der Waals surface area (Å²) in [5, 5.41) is 8.70. The maximum absolute atomic E-state index is 12.5. The minimum Gasteiger partial charge on any atom is -0.444 e. The monoisotopic (exact) mass is 525 g/mol. The summed E-state index contributed by atoms with van der Waals surface area (Å²) in [6.07, 6.45) is 11.6. The zero-order valence-corrected chi connectivity index (χ0v) is 22.5. The maximum atomic E-state index is 12.5. The molecule has 4 aromatic rings. The van der Waals surface area contributed by atoms with Crippen molar-refractivity contribution in [3.8, 4) is 17.1 Å². The summed E-state index contributed by atoms with van der Waals surface area (Å²) in [5.41, 5.74) is 4.43. The minimum atomic E-state index is -0.515. The fourth-order valence-electron chi connectivity index (χ4n) is 4.32. The number of benzene rings is 1. The van der Waals surface area contributed by atoms with Gasteiger partial charge in [-0.15, -0.1) is 0 Å². The molecule has 1 aliphatic rings. The number of carbonyl (C=O) groups is 1. The molecule has 0 bridgehead atoms. The second-order valence-corrected chi connectivity index (χ2v) is 10.5. The van der Waals surface area contributed by atoms with Crippen molar-refractivity contribution in [3.05, 3.63) is 94.4 Å². The number of aromatic nitrogens is 6. The van der Waals surface area contributed by atoms with Gasteiger partial charge in [0.25, 0.3) is 0 Å². The lowest BCUT2D eigenvalue weighted by molar-refractivity contribution is 0.0270. The smallest absolute Gasteiger partial charge is 0.410 e. The Morgan fingerprint density at radius 2 is 1.87 bits per heavy atom. The van der Waals surface area contributed by atoms with E-state index in [1.54, 1.807) is 26.7 Å². The molecule has 1 aromatic carbocycles. The fourth-order valence-corrected chi connectivity index (χ4v) is 4.32. The van der Waals surface area contributed by atoms with Crippen LogP contribution in [0.2, 0.25) is 0 Å². The van der Waals surface area contributed by atoms with E-state index in [2.05, 4.69) is 20.2 Å². The average molecular weight is 526 g/mol. The van der Waals surface area contributed by atoms with Gasteiger partial charge >= 0.3 is 6.09 Å². The van der Waals surface area contributed by atoms with Gasteiger partial charge in [-0.3, -0.25) is 9.48 Å². The lowest BCUT2D eigenvalue weighted by Gasteiger charge is -2.29. The third-order valence-electron chi connectivity index (χ3n) is 6.28. The SMILES string of the molecule is Cn1cc(-n2ccc(=O)c(Cc3cccc(-c4ncc(C5=CCN(C(=O)OC(C)(C)C)CC5)cn4)c3)n2)cn1. The Balaban J connectivity index is 1.28. The highest BCUT2D eigenvalue weighted by molar-refractivity contribution is 5.72. The standard InChI is InChI=1S/C29H31N7O3/c1-29(2,3)39-28(38)35-11-8-21(9-12-35)23-16-30-27(31-17-23)22-7-5-6-20(14-22)15-25-26(37)10-13-36(33-25)24-18-32-34(4)19-24/h5-8,10,13-14,16-19H,9,11-12,15H2,1-4H3. The van der Waals surface area contributed by atoms with E-state index >= 15 is 0 Å². The molecule has 0 aliphatic carbocycles.